The van der Waals surface area contributed by atoms with E-state index in [1.54, 1.807) is 23.6 Å². The first-order valence-corrected chi connectivity index (χ1v) is 5.88. The average molecular weight is 285 g/mol. The van der Waals surface area contributed by atoms with Crippen LogP contribution in [-0.4, -0.2) is 5.78 Å². The van der Waals surface area contributed by atoms with Crippen LogP contribution >= 0.6 is 27.7 Å². The van der Waals surface area contributed by atoms with Gasteiger partial charge in [-0.05, 0) is 51.2 Å². The van der Waals surface area contributed by atoms with Crippen LogP contribution in [0.3, 0.4) is 0 Å². The van der Waals surface area contributed by atoms with Crippen LogP contribution in [0.15, 0.2) is 39.1 Å². The Labute approximate surface area is 99.2 Å². The lowest BCUT2D eigenvalue weighted by molar-refractivity contribution is -0.110. The molecule has 1 nitrogen and oxygen atoms in total. The molecule has 1 aromatic carbocycles. The second-order valence-corrected chi connectivity index (χ2v) is 4.77. The molecule has 1 aliphatic rings. The summed E-state index contributed by atoms with van der Waals surface area (Å²) in [4.78, 5) is 11.9. The van der Waals surface area contributed by atoms with E-state index in [1.165, 1.54) is 23.9 Å². The van der Waals surface area contributed by atoms with Crippen LogP contribution in [0.2, 0.25) is 0 Å². The van der Waals surface area contributed by atoms with Gasteiger partial charge in [0.25, 0.3) is 0 Å². The van der Waals surface area contributed by atoms with Crippen LogP contribution in [0, 0.1) is 5.82 Å². The van der Waals surface area contributed by atoms with E-state index < -0.39 is 0 Å². The van der Waals surface area contributed by atoms with E-state index in [9.17, 15) is 9.18 Å². The number of ketones is 1. The summed E-state index contributed by atoms with van der Waals surface area (Å²) < 4.78 is 13.3. The zero-order valence-corrected chi connectivity index (χ0v) is 9.94. The van der Waals surface area contributed by atoms with E-state index in [0.29, 0.717) is 9.38 Å². The van der Waals surface area contributed by atoms with Crippen LogP contribution in [0.1, 0.15) is 5.56 Å². The summed E-state index contributed by atoms with van der Waals surface area (Å²) in [5.41, 5.74) is 0.808. The minimum absolute atomic E-state index is 0.000414. The topological polar surface area (TPSA) is 17.1 Å². The fourth-order valence-electron chi connectivity index (χ4n) is 1.17. The lowest BCUT2D eigenvalue weighted by Gasteiger charge is -1.98. The first-order chi connectivity index (χ1) is 7.16. The molecule has 2 rings (SSSR count). The average Bonchev–Trinajstić information content (AvgIpc) is 2.59. The first kappa shape index (κ1) is 10.6. The van der Waals surface area contributed by atoms with Crippen molar-refractivity contribution in [3.8, 4) is 0 Å². The van der Waals surface area contributed by atoms with Gasteiger partial charge in [-0.1, -0.05) is 17.8 Å². The van der Waals surface area contributed by atoms with Gasteiger partial charge in [-0.3, -0.25) is 4.79 Å². The molecule has 1 heterocycles. The van der Waals surface area contributed by atoms with E-state index in [2.05, 4.69) is 15.9 Å². The molecule has 0 aliphatic carbocycles. The van der Waals surface area contributed by atoms with Gasteiger partial charge in [0, 0.05) is 0 Å². The highest BCUT2D eigenvalue weighted by molar-refractivity contribution is 9.10. The molecule has 4 heteroatoms. The fourth-order valence-corrected chi connectivity index (χ4v) is 2.29. The smallest absolute Gasteiger partial charge is 0.193 e. The van der Waals surface area contributed by atoms with Gasteiger partial charge < -0.3 is 0 Å². The Morgan fingerprint density at radius 1 is 1.40 bits per heavy atom. The third-order valence-electron chi connectivity index (χ3n) is 1.90. The lowest BCUT2D eigenvalue weighted by Crippen LogP contribution is -1.88. The fraction of sp³-hybridized carbons (Fsp3) is 0. The summed E-state index contributed by atoms with van der Waals surface area (Å²) in [7, 11) is 0. The van der Waals surface area contributed by atoms with Crippen molar-refractivity contribution < 1.29 is 9.18 Å². The van der Waals surface area contributed by atoms with Crippen molar-refractivity contribution in [2.75, 3.05) is 0 Å². The molecule has 0 N–H and O–H groups in total. The van der Waals surface area contributed by atoms with E-state index in [1.807, 2.05) is 0 Å². The van der Waals surface area contributed by atoms with E-state index in [4.69, 9.17) is 0 Å². The summed E-state index contributed by atoms with van der Waals surface area (Å²) >= 11 is 4.48. The van der Waals surface area contributed by atoms with Gasteiger partial charge in [-0.15, -0.1) is 0 Å². The Kier molecular flexibility index (Phi) is 3.07. The van der Waals surface area contributed by atoms with Crippen molar-refractivity contribution in [1.29, 1.82) is 0 Å². The zero-order chi connectivity index (χ0) is 10.8. The van der Waals surface area contributed by atoms with Crippen LogP contribution < -0.4 is 0 Å². The number of hydrogen-bond donors (Lipinski definition) is 0. The number of hydrogen-bond acceptors (Lipinski definition) is 2. The predicted octanol–water partition coefficient (Wildman–Crippen LogP) is 3.76. The van der Waals surface area contributed by atoms with Gasteiger partial charge in [0.15, 0.2) is 5.78 Å². The maximum absolute atomic E-state index is 12.9. The number of thioether (sulfide) groups is 1. The van der Waals surface area contributed by atoms with Crippen LogP contribution in [-0.2, 0) is 4.79 Å². The first-order valence-electron chi connectivity index (χ1n) is 4.21. The third kappa shape index (κ3) is 2.38. The summed E-state index contributed by atoms with van der Waals surface area (Å²) in [6.45, 7) is 0. The summed E-state index contributed by atoms with van der Waals surface area (Å²) in [6.07, 6.45) is 3.27. The summed E-state index contributed by atoms with van der Waals surface area (Å²) in [5.74, 6) is -0.305. The molecule has 0 saturated carbocycles. The van der Waals surface area contributed by atoms with Crippen molar-refractivity contribution in [3.63, 3.8) is 0 Å². The molecule has 0 fully saturated rings. The van der Waals surface area contributed by atoms with E-state index >= 15 is 0 Å². The van der Waals surface area contributed by atoms with Gasteiger partial charge in [0.2, 0.25) is 0 Å². The van der Waals surface area contributed by atoms with Crippen LogP contribution in [0.4, 0.5) is 4.39 Å². The van der Waals surface area contributed by atoms with Gasteiger partial charge in [-0.25, -0.2) is 4.39 Å². The molecular weight excluding hydrogens is 279 g/mol. The monoisotopic (exact) mass is 284 g/mol. The summed E-state index contributed by atoms with van der Waals surface area (Å²) in [5, 5.41) is 1.74. The van der Waals surface area contributed by atoms with E-state index in [-0.39, 0.29) is 11.6 Å². The normalized spacial score (nSPS) is 17.7. The number of carbonyl (C=O) groups is 1. The Balaban J connectivity index is 2.32. The molecule has 0 spiro atoms. The minimum atomic E-state index is -0.305. The molecule has 0 bridgehead atoms. The Bertz CT molecular complexity index is 479. The van der Waals surface area contributed by atoms with Crippen molar-refractivity contribution in [3.05, 3.63) is 50.4 Å². The molecule has 76 valence electrons. The van der Waals surface area contributed by atoms with Crippen molar-refractivity contribution >= 4 is 39.6 Å². The zero-order valence-electron chi connectivity index (χ0n) is 7.54. The third-order valence-corrected chi connectivity index (χ3v) is 3.35. The molecule has 15 heavy (non-hydrogen) atoms. The van der Waals surface area contributed by atoms with Crippen molar-refractivity contribution in [2.24, 2.45) is 0 Å². The lowest BCUT2D eigenvalue weighted by atomic mass is 10.2. The number of allylic oxidation sites excluding steroid dienone is 2. The molecular formula is C11H6BrFOS. The Morgan fingerprint density at radius 3 is 2.80 bits per heavy atom. The number of rotatable bonds is 1. The quantitative estimate of drug-likeness (QED) is 0.731. The molecule has 0 unspecified atom stereocenters. The maximum Gasteiger partial charge on any atom is 0.193 e. The maximum atomic E-state index is 12.9. The van der Waals surface area contributed by atoms with Crippen LogP contribution in [0.25, 0.3) is 6.08 Å². The Hall–Kier alpha value is -0.870. The van der Waals surface area contributed by atoms with Crippen molar-refractivity contribution in [1.82, 2.24) is 0 Å². The summed E-state index contributed by atoms with van der Waals surface area (Å²) in [6, 6.07) is 4.65. The van der Waals surface area contributed by atoms with Gasteiger partial charge >= 0.3 is 0 Å². The predicted molar refractivity (Wildman–Crippen MR) is 63.8 cm³/mol. The standard InChI is InChI=1S/C11H6BrFOS/c12-8-5-7(1-2-9(8)13)6-11-10(14)3-4-15-11/h1-6H. The molecule has 0 amide bonds. The SMILES string of the molecule is O=C1C=CSC1=Cc1ccc(F)c(Br)c1. The van der Waals surface area contributed by atoms with Gasteiger partial charge in [0.05, 0.1) is 9.38 Å². The largest absolute Gasteiger partial charge is 0.289 e. The second-order valence-electron chi connectivity index (χ2n) is 2.97. The molecule has 0 aromatic heterocycles. The minimum Gasteiger partial charge on any atom is -0.289 e. The molecule has 0 atom stereocenters. The molecule has 0 radical (unpaired) electrons. The number of halogens is 2. The molecule has 1 aliphatic heterocycles. The molecule has 0 saturated heterocycles. The second kappa shape index (κ2) is 4.33. The van der Waals surface area contributed by atoms with Gasteiger partial charge in [-0.2, -0.15) is 0 Å². The highest BCUT2D eigenvalue weighted by atomic mass is 79.9. The van der Waals surface area contributed by atoms with Crippen LogP contribution in [0.5, 0.6) is 0 Å². The number of carbonyl (C=O) groups excluding carboxylic acids is 1. The highest BCUT2D eigenvalue weighted by Gasteiger charge is 2.11. The Morgan fingerprint density at radius 2 is 2.20 bits per heavy atom. The van der Waals surface area contributed by atoms with Crippen molar-refractivity contribution in [2.45, 2.75) is 0 Å². The molecule has 1 aromatic rings. The van der Waals surface area contributed by atoms with Gasteiger partial charge in [0.1, 0.15) is 5.82 Å². The van der Waals surface area contributed by atoms with E-state index in [0.717, 1.165) is 5.56 Å². The number of benzene rings is 1. The highest BCUT2D eigenvalue weighted by Crippen LogP contribution is 2.28.